The summed E-state index contributed by atoms with van der Waals surface area (Å²) in [7, 11) is 3.10. The summed E-state index contributed by atoms with van der Waals surface area (Å²) in [5.74, 6) is -0.536. The quantitative estimate of drug-likeness (QED) is 0.126. The van der Waals surface area contributed by atoms with E-state index >= 15 is 0 Å². The Balaban J connectivity index is 1.82. The number of carboxylic acids is 2. The van der Waals surface area contributed by atoms with Gasteiger partial charge in [0.15, 0.2) is 0 Å². The Kier molecular flexibility index (Phi) is 11.2. The molecule has 0 fully saturated rings. The van der Waals surface area contributed by atoms with Crippen LogP contribution in [0.1, 0.15) is 46.8 Å². The van der Waals surface area contributed by atoms with Crippen molar-refractivity contribution in [3.8, 4) is 28.5 Å². The smallest absolute Gasteiger partial charge is 0.336 e. The molecule has 9 nitrogen and oxygen atoms in total. The summed E-state index contributed by atoms with van der Waals surface area (Å²) in [6.07, 6.45) is 5.19. The summed E-state index contributed by atoms with van der Waals surface area (Å²) in [6.45, 7) is 2.68. The van der Waals surface area contributed by atoms with Crippen molar-refractivity contribution in [2.75, 3.05) is 14.2 Å². The SMILES string of the molecule is CCCCn1ncc(C=C(Cc2cc(OC)c(Br)cc2Br)C(=O)O)c1-c1ccc(OC)cc1OCc1ccccc1C(=O)O. The van der Waals surface area contributed by atoms with Gasteiger partial charge in [-0.25, -0.2) is 9.59 Å². The molecule has 0 aliphatic carbocycles. The molecule has 0 aliphatic heterocycles. The van der Waals surface area contributed by atoms with Gasteiger partial charge in [0.2, 0.25) is 0 Å². The van der Waals surface area contributed by atoms with Crippen molar-refractivity contribution in [3.05, 3.63) is 97.6 Å². The van der Waals surface area contributed by atoms with Crippen LogP contribution in [0.25, 0.3) is 17.3 Å². The number of ether oxygens (including phenoxy) is 3. The number of carbonyl (C=O) groups is 2. The van der Waals surface area contributed by atoms with Crippen LogP contribution in [0.5, 0.6) is 17.2 Å². The fourth-order valence-electron chi connectivity index (χ4n) is 4.68. The van der Waals surface area contributed by atoms with Crippen molar-refractivity contribution in [1.29, 1.82) is 0 Å². The Bertz CT molecular complexity index is 1700. The van der Waals surface area contributed by atoms with Crippen LogP contribution < -0.4 is 14.2 Å². The fourth-order valence-corrected chi connectivity index (χ4v) is 5.97. The number of aromatic carboxylic acids is 1. The van der Waals surface area contributed by atoms with Gasteiger partial charge in [0, 0.05) is 45.8 Å². The molecule has 0 saturated carbocycles. The Morgan fingerprint density at radius 3 is 2.41 bits per heavy atom. The largest absolute Gasteiger partial charge is 0.497 e. The lowest BCUT2D eigenvalue weighted by atomic mass is 10.00. The second-order valence-corrected chi connectivity index (χ2v) is 11.6. The molecule has 0 spiro atoms. The highest BCUT2D eigenvalue weighted by atomic mass is 79.9. The first-order chi connectivity index (χ1) is 21.2. The van der Waals surface area contributed by atoms with Crippen LogP contribution in [0.4, 0.5) is 0 Å². The molecule has 0 bridgehead atoms. The predicted octanol–water partition coefficient (Wildman–Crippen LogP) is 7.88. The summed E-state index contributed by atoms with van der Waals surface area (Å²) in [5, 5.41) is 24.5. The molecule has 11 heteroatoms. The van der Waals surface area contributed by atoms with Crippen molar-refractivity contribution < 1.29 is 34.0 Å². The number of unbranched alkanes of at least 4 members (excludes halogenated alkanes) is 1. The molecule has 0 aliphatic rings. The normalized spacial score (nSPS) is 11.3. The number of aryl methyl sites for hydroxylation is 1. The Morgan fingerprint density at radius 1 is 0.955 bits per heavy atom. The lowest BCUT2D eigenvalue weighted by Crippen LogP contribution is -2.08. The molecule has 0 amide bonds. The highest BCUT2D eigenvalue weighted by Gasteiger charge is 2.21. The summed E-state index contributed by atoms with van der Waals surface area (Å²) >= 11 is 7.00. The number of benzene rings is 3. The number of aliphatic carboxylic acids is 1. The third-order valence-electron chi connectivity index (χ3n) is 6.97. The number of methoxy groups -OCH3 is 2. The van der Waals surface area contributed by atoms with Crippen LogP contribution in [0.15, 0.2) is 75.3 Å². The number of hydrogen-bond donors (Lipinski definition) is 2. The molecule has 44 heavy (non-hydrogen) atoms. The van der Waals surface area contributed by atoms with Crippen LogP contribution in [0, 0.1) is 0 Å². The molecule has 0 unspecified atom stereocenters. The van der Waals surface area contributed by atoms with E-state index in [-0.39, 0.29) is 24.2 Å². The van der Waals surface area contributed by atoms with E-state index < -0.39 is 11.9 Å². The van der Waals surface area contributed by atoms with Gasteiger partial charge in [-0.3, -0.25) is 4.68 Å². The van der Waals surface area contributed by atoms with Gasteiger partial charge < -0.3 is 24.4 Å². The van der Waals surface area contributed by atoms with Gasteiger partial charge in [-0.2, -0.15) is 5.10 Å². The number of hydrogen-bond acceptors (Lipinski definition) is 6. The monoisotopic (exact) mass is 726 g/mol. The van der Waals surface area contributed by atoms with Crippen molar-refractivity contribution in [2.45, 2.75) is 39.3 Å². The van der Waals surface area contributed by atoms with E-state index in [4.69, 9.17) is 14.2 Å². The van der Waals surface area contributed by atoms with Crippen molar-refractivity contribution >= 4 is 49.9 Å². The molecule has 2 N–H and O–H groups in total. The van der Waals surface area contributed by atoms with Crippen LogP contribution in [-0.2, 0) is 24.4 Å². The highest BCUT2D eigenvalue weighted by molar-refractivity contribution is 9.11. The molecule has 1 heterocycles. The van der Waals surface area contributed by atoms with E-state index in [1.165, 1.54) is 6.07 Å². The number of rotatable bonds is 14. The van der Waals surface area contributed by atoms with Gasteiger partial charge in [0.05, 0.1) is 36.1 Å². The standard InChI is InChI=1S/C33H32Br2N2O7/c1-4-5-12-37-31(23(18-36-37)14-22(32(38)39)13-21-15-30(43-3)28(35)17-27(21)34)26-11-10-24(42-2)16-29(26)44-19-20-8-6-7-9-25(20)33(40)41/h6-11,14-18H,4-5,12-13,19H2,1-3H3,(H,38,39)(H,40,41). The van der Waals surface area contributed by atoms with Gasteiger partial charge in [0.25, 0.3) is 0 Å². The van der Waals surface area contributed by atoms with Crippen LogP contribution in [0.3, 0.4) is 0 Å². The van der Waals surface area contributed by atoms with E-state index in [9.17, 15) is 19.8 Å². The molecule has 4 rings (SSSR count). The van der Waals surface area contributed by atoms with E-state index in [0.717, 1.165) is 27.4 Å². The zero-order chi connectivity index (χ0) is 31.8. The molecular formula is C33H32Br2N2O7. The molecule has 0 radical (unpaired) electrons. The maximum Gasteiger partial charge on any atom is 0.336 e. The Morgan fingerprint density at radius 2 is 1.73 bits per heavy atom. The van der Waals surface area contributed by atoms with Gasteiger partial charge in [-0.1, -0.05) is 47.5 Å². The lowest BCUT2D eigenvalue weighted by molar-refractivity contribution is -0.132. The van der Waals surface area contributed by atoms with Crippen LogP contribution >= 0.6 is 31.9 Å². The predicted molar refractivity (Wildman–Crippen MR) is 175 cm³/mol. The second-order valence-electron chi connectivity index (χ2n) is 9.87. The first kappa shape index (κ1) is 32.8. The minimum Gasteiger partial charge on any atom is -0.497 e. The third-order valence-corrected chi connectivity index (χ3v) is 8.33. The lowest BCUT2D eigenvalue weighted by Gasteiger charge is -2.16. The van der Waals surface area contributed by atoms with Crippen molar-refractivity contribution in [1.82, 2.24) is 9.78 Å². The molecule has 0 saturated heterocycles. The number of aromatic nitrogens is 2. The zero-order valence-electron chi connectivity index (χ0n) is 24.5. The first-order valence-corrected chi connectivity index (χ1v) is 15.4. The molecule has 3 aromatic carbocycles. The highest BCUT2D eigenvalue weighted by Crippen LogP contribution is 2.38. The molecular weight excluding hydrogens is 696 g/mol. The van der Waals surface area contributed by atoms with Gasteiger partial charge in [-0.05, 0) is 64.3 Å². The molecule has 0 atom stereocenters. The minimum atomic E-state index is -1.07. The van der Waals surface area contributed by atoms with E-state index in [1.54, 1.807) is 62.9 Å². The Hall–Kier alpha value is -4.09. The third kappa shape index (κ3) is 7.70. The number of halogens is 2. The second kappa shape index (κ2) is 15.1. The maximum atomic E-state index is 12.5. The van der Waals surface area contributed by atoms with E-state index in [2.05, 4.69) is 43.9 Å². The van der Waals surface area contributed by atoms with Crippen molar-refractivity contribution in [3.63, 3.8) is 0 Å². The zero-order valence-corrected chi connectivity index (χ0v) is 27.6. The molecule has 230 valence electrons. The summed E-state index contributed by atoms with van der Waals surface area (Å²) < 4.78 is 20.5. The van der Waals surface area contributed by atoms with Crippen LogP contribution in [-0.4, -0.2) is 46.2 Å². The minimum absolute atomic E-state index is 0.00326. The summed E-state index contributed by atoms with van der Waals surface area (Å²) in [6, 6.07) is 15.6. The summed E-state index contributed by atoms with van der Waals surface area (Å²) in [5.41, 5.74) is 3.48. The number of nitrogens with zero attached hydrogens (tertiary/aromatic N) is 2. The molecule has 4 aromatic rings. The van der Waals surface area contributed by atoms with Gasteiger partial charge in [-0.15, -0.1) is 0 Å². The van der Waals surface area contributed by atoms with E-state index in [0.29, 0.717) is 46.2 Å². The van der Waals surface area contributed by atoms with Crippen molar-refractivity contribution in [2.24, 2.45) is 0 Å². The maximum absolute atomic E-state index is 12.5. The molecule has 1 aromatic heterocycles. The number of carboxylic acid groups (broad SMARTS) is 2. The first-order valence-electron chi connectivity index (χ1n) is 13.8. The summed E-state index contributed by atoms with van der Waals surface area (Å²) in [4.78, 5) is 24.3. The topological polar surface area (TPSA) is 120 Å². The average molecular weight is 728 g/mol. The van der Waals surface area contributed by atoms with E-state index in [1.807, 2.05) is 16.8 Å². The Labute approximate surface area is 272 Å². The fraction of sp³-hybridized carbons (Fsp3) is 0.242. The van der Waals surface area contributed by atoms with Crippen LogP contribution in [0.2, 0.25) is 0 Å². The average Bonchev–Trinajstić information content (AvgIpc) is 3.41. The van der Waals surface area contributed by atoms with Gasteiger partial charge in [0.1, 0.15) is 23.9 Å². The van der Waals surface area contributed by atoms with Gasteiger partial charge >= 0.3 is 11.9 Å².